The zero-order valence-electron chi connectivity index (χ0n) is 12.1. The predicted molar refractivity (Wildman–Crippen MR) is 75.8 cm³/mol. The van der Waals surface area contributed by atoms with Crippen molar-refractivity contribution >= 4 is 17.6 Å². The van der Waals surface area contributed by atoms with Crippen molar-refractivity contribution in [2.24, 2.45) is 11.8 Å². The number of benzene rings is 1. The van der Waals surface area contributed by atoms with E-state index in [4.69, 9.17) is 14.2 Å². The molecule has 3 heterocycles. The average Bonchev–Trinajstić information content (AvgIpc) is 3.15. The lowest BCUT2D eigenvalue weighted by atomic mass is 9.82. The van der Waals surface area contributed by atoms with Crippen LogP contribution in [0.4, 0.5) is 5.69 Å². The smallest absolute Gasteiger partial charge is 0.231 e. The molecule has 23 heavy (non-hydrogen) atoms. The molecule has 0 unspecified atom stereocenters. The number of carbonyl (C=O) groups is 2. The first-order valence-corrected chi connectivity index (χ1v) is 7.38. The number of carbonyl (C=O) groups excluding carboxylic acids is 2. The van der Waals surface area contributed by atoms with Crippen molar-refractivity contribution in [2.45, 2.75) is 12.2 Å². The molecule has 0 aliphatic carbocycles. The van der Waals surface area contributed by atoms with Gasteiger partial charge in [-0.15, -0.1) is 0 Å². The zero-order valence-corrected chi connectivity index (χ0v) is 12.1. The second-order valence-electron chi connectivity index (χ2n) is 5.67. The van der Waals surface area contributed by atoms with Gasteiger partial charge in [0.1, 0.15) is 13.2 Å². The number of amides is 1. The van der Waals surface area contributed by atoms with Gasteiger partial charge in [0.15, 0.2) is 11.5 Å². The number of carboxylic acids is 1. The van der Waals surface area contributed by atoms with E-state index >= 15 is 0 Å². The van der Waals surface area contributed by atoms with Crippen molar-refractivity contribution < 1.29 is 28.9 Å². The third-order valence-corrected chi connectivity index (χ3v) is 4.28. The van der Waals surface area contributed by atoms with Crippen LogP contribution in [-0.4, -0.2) is 37.3 Å². The van der Waals surface area contributed by atoms with Crippen LogP contribution in [0.25, 0.3) is 0 Å². The van der Waals surface area contributed by atoms with Crippen LogP contribution < -0.4 is 19.9 Å². The number of hydrogen-bond donors (Lipinski definition) is 1. The van der Waals surface area contributed by atoms with E-state index in [1.165, 1.54) is 0 Å². The van der Waals surface area contributed by atoms with E-state index in [9.17, 15) is 14.7 Å². The molecule has 4 atom stereocenters. The Morgan fingerprint density at radius 3 is 2.48 bits per heavy atom. The number of ether oxygens (including phenoxy) is 3. The quantitative estimate of drug-likeness (QED) is 0.770. The summed E-state index contributed by atoms with van der Waals surface area (Å²) in [5, 5.41) is 14.0. The minimum atomic E-state index is -1.27. The van der Waals surface area contributed by atoms with Crippen molar-refractivity contribution in [1.82, 2.24) is 0 Å². The van der Waals surface area contributed by atoms with Crippen LogP contribution in [0.5, 0.6) is 11.5 Å². The van der Waals surface area contributed by atoms with Crippen molar-refractivity contribution in [3.8, 4) is 11.5 Å². The molecule has 1 N–H and O–H groups in total. The van der Waals surface area contributed by atoms with Crippen LogP contribution in [0, 0.1) is 11.8 Å². The fraction of sp³-hybridized carbons (Fsp3) is 0.375. The fourth-order valence-corrected chi connectivity index (χ4v) is 3.25. The Morgan fingerprint density at radius 1 is 1.04 bits per heavy atom. The normalized spacial score (nSPS) is 30.3. The van der Waals surface area contributed by atoms with Gasteiger partial charge in [-0.05, 0) is 12.1 Å². The molecule has 120 valence electrons. The molecule has 7 heteroatoms. The summed E-state index contributed by atoms with van der Waals surface area (Å²) >= 11 is 0. The van der Waals surface area contributed by atoms with Crippen molar-refractivity contribution in [3.05, 3.63) is 30.4 Å². The Hall–Kier alpha value is -2.54. The molecule has 7 nitrogen and oxygen atoms in total. The predicted octanol–water partition coefficient (Wildman–Crippen LogP) is -0.284. The lowest BCUT2D eigenvalue weighted by Crippen LogP contribution is -2.45. The van der Waals surface area contributed by atoms with E-state index < -0.39 is 35.9 Å². The molecule has 0 aromatic heterocycles. The first-order chi connectivity index (χ1) is 11.1. The first kappa shape index (κ1) is 14.1. The van der Waals surface area contributed by atoms with Gasteiger partial charge in [0.2, 0.25) is 5.91 Å². The summed E-state index contributed by atoms with van der Waals surface area (Å²) in [4.78, 5) is 23.8. The number of nitrogens with one attached hydrogen (secondary N) is 1. The maximum absolute atomic E-state index is 12.5. The first-order valence-electron chi connectivity index (χ1n) is 7.38. The van der Waals surface area contributed by atoms with Gasteiger partial charge in [-0.3, -0.25) is 4.79 Å². The van der Waals surface area contributed by atoms with Crippen molar-refractivity contribution in [3.63, 3.8) is 0 Å². The van der Waals surface area contributed by atoms with E-state index in [1.54, 1.807) is 30.4 Å². The Kier molecular flexibility index (Phi) is 3.23. The van der Waals surface area contributed by atoms with Gasteiger partial charge >= 0.3 is 0 Å². The average molecular weight is 316 g/mol. The molecular formula is C16H14NO6-. The highest BCUT2D eigenvalue weighted by Gasteiger charge is 2.50. The van der Waals surface area contributed by atoms with Crippen molar-refractivity contribution in [2.75, 3.05) is 18.5 Å². The van der Waals surface area contributed by atoms with Gasteiger partial charge < -0.3 is 29.4 Å². The Morgan fingerprint density at radius 2 is 1.74 bits per heavy atom. The summed E-state index contributed by atoms with van der Waals surface area (Å²) in [6.07, 6.45) is 2.26. The molecule has 0 saturated carbocycles. The van der Waals surface area contributed by atoms with Gasteiger partial charge in [0.25, 0.3) is 0 Å². The van der Waals surface area contributed by atoms with Crippen LogP contribution in [0.1, 0.15) is 0 Å². The van der Waals surface area contributed by atoms with Gasteiger partial charge in [-0.1, -0.05) is 12.2 Å². The summed E-state index contributed by atoms with van der Waals surface area (Å²) in [5.74, 6) is -2.29. The third kappa shape index (κ3) is 2.33. The molecule has 1 amide bonds. The summed E-state index contributed by atoms with van der Waals surface area (Å²) in [6, 6.07) is 5.05. The van der Waals surface area contributed by atoms with E-state index in [1.807, 2.05) is 0 Å². The number of anilines is 1. The van der Waals surface area contributed by atoms with Crippen molar-refractivity contribution in [1.29, 1.82) is 0 Å². The maximum Gasteiger partial charge on any atom is 0.231 e. The molecule has 1 aromatic rings. The van der Waals surface area contributed by atoms with Crippen LogP contribution in [0.15, 0.2) is 30.4 Å². The highest BCUT2D eigenvalue weighted by atomic mass is 16.6. The molecule has 0 radical (unpaired) electrons. The fourth-order valence-electron chi connectivity index (χ4n) is 3.25. The topological polar surface area (TPSA) is 96.9 Å². The molecule has 4 rings (SSSR count). The second-order valence-corrected chi connectivity index (χ2v) is 5.67. The lowest BCUT2D eigenvalue weighted by Gasteiger charge is -2.25. The molecule has 3 aliphatic heterocycles. The number of carboxylic acid groups (broad SMARTS) is 1. The van der Waals surface area contributed by atoms with Gasteiger partial charge in [-0.2, -0.15) is 0 Å². The Balaban J connectivity index is 1.54. The van der Waals surface area contributed by atoms with Gasteiger partial charge in [0, 0.05) is 23.6 Å². The van der Waals surface area contributed by atoms with Crippen LogP contribution in [-0.2, 0) is 14.3 Å². The standard InChI is InChI=1S/C16H15NO6/c18-15(13-10-3-4-11(23-10)14(13)16(19)20)17-8-1-2-9-12(7-8)22-6-5-21-9/h1-4,7,10-11,13-14H,5-6H2,(H,17,18)(H,19,20)/p-1/t10-,11+,13+,14-/m0/s1. The summed E-state index contributed by atoms with van der Waals surface area (Å²) in [6.45, 7) is 0.934. The molecule has 1 saturated heterocycles. The zero-order chi connectivity index (χ0) is 16.0. The SMILES string of the molecule is O=C([O-])[C@@H]1[C@H](C(=O)Nc2ccc3c(c2)OCCO3)[C@@H]2C=C[C@H]1O2. The third-order valence-electron chi connectivity index (χ3n) is 4.28. The number of fused-ring (bicyclic) bond motifs is 3. The van der Waals surface area contributed by atoms with Gasteiger partial charge in [-0.25, -0.2) is 0 Å². The van der Waals surface area contributed by atoms with E-state index in [0.717, 1.165) is 0 Å². The number of aliphatic carboxylic acids is 1. The Bertz CT molecular complexity index is 700. The number of hydrogen-bond acceptors (Lipinski definition) is 6. The van der Waals surface area contributed by atoms with Crippen LogP contribution >= 0.6 is 0 Å². The van der Waals surface area contributed by atoms with E-state index in [-0.39, 0.29) is 0 Å². The van der Waals surface area contributed by atoms with Crippen LogP contribution in [0.2, 0.25) is 0 Å². The monoisotopic (exact) mass is 316 g/mol. The van der Waals surface area contributed by atoms with Gasteiger partial charge in [0.05, 0.1) is 18.1 Å². The lowest BCUT2D eigenvalue weighted by molar-refractivity contribution is -0.313. The molecular weight excluding hydrogens is 302 g/mol. The summed E-state index contributed by atoms with van der Waals surface area (Å²) < 4.78 is 16.4. The molecule has 2 bridgehead atoms. The summed E-state index contributed by atoms with van der Waals surface area (Å²) in [5.41, 5.74) is 0.517. The molecule has 1 aromatic carbocycles. The maximum atomic E-state index is 12.5. The molecule has 0 spiro atoms. The molecule has 1 fully saturated rings. The minimum absolute atomic E-state index is 0.410. The minimum Gasteiger partial charge on any atom is -0.550 e. The largest absolute Gasteiger partial charge is 0.550 e. The Labute approximate surface area is 131 Å². The van der Waals surface area contributed by atoms with E-state index in [2.05, 4.69) is 5.32 Å². The molecule has 3 aliphatic rings. The second kappa shape index (κ2) is 5.27. The summed E-state index contributed by atoms with van der Waals surface area (Å²) in [7, 11) is 0. The highest BCUT2D eigenvalue weighted by Crippen LogP contribution is 2.40. The van der Waals surface area contributed by atoms with Crippen LogP contribution in [0.3, 0.4) is 0 Å². The highest BCUT2D eigenvalue weighted by molar-refractivity contribution is 5.96. The number of rotatable bonds is 3. The van der Waals surface area contributed by atoms with E-state index in [0.29, 0.717) is 30.4 Å².